The number of fused-ring (bicyclic) bond motifs is 1. The van der Waals surface area contributed by atoms with Gasteiger partial charge in [-0.3, -0.25) is 4.79 Å². The van der Waals surface area contributed by atoms with Crippen molar-refractivity contribution in [1.82, 2.24) is 25.4 Å². The molecule has 0 spiro atoms. The zero-order valence-corrected chi connectivity index (χ0v) is 28.0. The molecule has 1 aliphatic heterocycles. The summed E-state index contributed by atoms with van der Waals surface area (Å²) in [4.78, 5) is 22.3. The summed E-state index contributed by atoms with van der Waals surface area (Å²) in [6.45, 7) is 29.3. The summed E-state index contributed by atoms with van der Waals surface area (Å²) >= 11 is 0. The van der Waals surface area contributed by atoms with Gasteiger partial charge in [0.1, 0.15) is 5.71 Å². The Balaban J connectivity index is 0.00000132. The quantitative estimate of drug-likeness (QED) is 0.143. The van der Waals surface area contributed by atoms with Gasteiger partial charge in [-0.2, -0.15) is 9.67 Å². The Kier molecular flexibility index (Phi) is 14.5. The maximum atomic E-state index is 13.3. The number of anilines is 1. The van der Waals surface area contributed by atoms with E-state index in [9.17, 15) is 4.79 Å². The third-order valence-electron chi connectivity index (χ3n) is 7.16. The van der Waals surface area contributed by atoms with E-state index in [0.29, 0.717) is 17.9 Å². The van der Waals surface area contributed by atoms with Crippen LogP contribution in [-0.2, 0) is 11.3 Å². The number of allylic oxidation sites excluding steroid dienone is 4. The van der Waals surface area contributed by atoms with Crippen LogP contribution in [0, 0.1) is 0 Å². The number of aliphatic imine (C=N–C) groups is 1. The SMILES string of the molecule is C.C=CN.C=Cc1ccc([C@H](C)NC(=O)C2=Nc3nc(C(=C)N)nn3C(C(=C)NCc3cccc(NC4=CC(=C)C4=C)c3)=CC2)cc1.CC. The molecule has 10 heteroatoms. The highest BCUT2D eigenvalue weighted by atomic mass is 16.2. The van der Waals surface area contributed by atoms with Crippen LogP contribution in [0.25, 0.3) is 17.5 Å². The van der Waals surface area contributed by atoms with Gasteiger partial charge in [-0.25, -0.2) is 4.99 Å². The minimum Gasteiger partial charge on any atom is -0.405 e. The van der Waals surface area contributed by atoms with E-state index in [-0.39, 0.29) is 49.0 Å². The molecule has 0 fully saturated rings. The molecule has 1 amide bonds. The van der Waals surface area contributed by atoms with Gasteiger partial charge in [0.15, 0.2) is 5.82 Å². The molecular formula is C39H49N9O. The van der Waals surface area contributed by atoms with Crippen molar-refractivity contribution >= 4 is 40.7 Å². The molecule has 2 heterocycles. The molecule has 0 saturated carbocycles. The molecule has 0 saturated heterocycles. The van der Waals surface area contributed by atoms with Crippen molar-refractivity contribution in [3.05, 3.63) is 151 Å². The fourth-order valence-electron chi connectivity index (χ4n) is 4.57. The maximum absolute atomic E-state index is 13.3. The summed E-state index contributed by atoms with van der Waals surface area (Å²) < 4.78 is 1.53. The molecular weight excluding hydrogens is 610 g/mol. The third-order valence-corrected chi connectivity index (χ3v) is 7.16. The third kappa shape index (κ3) is 9.92. The summed E-state index contributed by atoms with van der Waals surface area (Å²) in [5.74, 6) is 0.127. The molecule has 7 N–H and O–H groups in total. The highest BCUT2D eigenvalue weighted by Crippen LogP contribution is 2.30. The van der Waals surface area contributed by atoms with Gasteiger partial charge in [0.05, 0.1) is 23.1 Å². The van der Waals surface area contributed by atoms with Crippen molar-refractivity contribution < 1.29 is 4.79 Å². The molecule has 256 valence electrons. The highest BCUT2D eigenvalue weighted by molar-refractivity contribution is 6.40. The van der Waals surface area contributed by atoms with Gasteiger partial charge in [-0.1, -0.05) is 109 Å². The van der Waals surface area contributed by atoms with E-state index in [1.54, 1.807) is 6.08 Å². The number of carbonyl (C=O) groups is 1. The van der Waals surface area contributed by atoms with Crippen LogP contribution in [0.1, 0.15) is 63.2 Å². The summed E-state index contributed by atoms with van der Waals surface area (Å²) in [5.41, 5.74) is 18.9. The molecule has 0 bridgehead atoms. The van der Waals surface area contributed by atoms with Crippen molar-refractivity contribution in [2.75, 3.05) is 5.32 Å². The lowest BCUT2D eigenvalue weighted by atomic mass is 9.94. The van der Waals surface area contributed by atoms with Crippen molar-refractivity contribution in [2.24, 2.45) is 16.5 Å². The second-order valence-electron chi connectivity index (χ2n) is 10.5. The van der Waals surface area contributed by atoms with E-state index in [2.05, 4.69) is 76.2 Å². The molecule has 1 atom stereocenters. The standard InChI is InChI=1S/C34H34N8O.C2H5N.C2H6.CH4/c1-7-25-11-13-27(14-12-25)23(5)37-33(43)29-15-16-31(42-34(39-29)40-32(41-42)22(4)35)24(6)36-19-26-9-8-10-28(18-26)38-30-17-20(2)21(30)3;1-2-3;1-2;/h7-14,16-18,23,36,38H,1-4,6,15,19,35H2,5H3,(H,37,43);2H,1,3H2;1-2H3;1H4/t23-;;;/m0.../s1. The van der Waals surface area contributed by atoms with E-state index >= 15 is 0 Å². The lowest BCUT2D eigenvalue weighted by Gasteiger charge is -2.22. The van der Waals surface area contributed by atoms with Crippen LogP contribution in [-0.4, -0.2) is 26.4 Å². The van der Waals surface area contributed by atoms with Crippen LogP contribution in [0.3, 0.4) is 0 Å². The Morgan fingerprint density at radius 2 is 1.78 bits per heavy atom. The first kappa shape index (κ1) is 39.0. The number of aromatic nitrogens is 3. The Hall–Kier alpha value is -6.16. The van der Waals surface area contributed by atoms with Crippen molar-refractivity contribution in [2.45, 2.75) is 47.2 Å². The molecule has 0 unspecified atom stereocenters. The summed E-state index contributed by atoms with van der Waals surface area (Å²) in [6, 6.07) is 15.6. The summed E-state index contributed by atoms with van der Waals surface area (Å²) in [5, 5.41) is 14.3. The van der Waals surface area contributed by atoms with Gasteiger partial charge in [-0.05, 0) is 59.2 Å². The fraction of sp³-hybridized carbons (Fsp3) is 0.179. The number of carbonyl (C=O) groups excluding carboxylic acids is 1. The lowest BCUT2D eigenvalue weighted by molar-refractivity contribution is -0.115. The predicted molar refractivity (Wildman–Crippen MR) is 207 cm³/mol. The zero-order valence-electron chi connectivity index (χ0n) is 28.0. The van der Waals surface area contributed by atoms with Gasteiger partial charge >= 0.3 is 0 Å². The summed E-state index contributed by atoms with van der Waals surface area (Å²) in [6.07, 6.45) is 7.09. The van der Waals surface area contributed by atoms with Crippen LogP contribution >= 0.6 is 0 Å². The van der Waals surface area contributed by atoms with E-state index in [4.69, 9.17) is 5.73 Å². The molecule has 10 nitrogen and oxygen atoms in total. The van der Waals surface area contributed by atoms with Crippen molar-refractivity contribution in [3.63, 3.8) is 0 Å². The Bertz CT molecular complexity index is 1820. The van der Waals surface area contributed by atoms with Crippen LogP contribution in [0.4, 0.5) is 11.6 Å². The second kappa shape index (κ2) is 18.2. The maximum Gasteiger partial charge on any atom is 0.266 e. The van der Waals surface area contributed by atoms with E-state index in [1.165, 1.54) is 10.9 Å². The minimum absolute atomic E-state index is 0. The molecule has 2 aliphatic rings. The van der Waals surface area contributed by atoms with E-state index in [1.807, 2.05) is 81.5 Å². The number of rotatable bonds is 11. The molecule has 2 aromatic carbocycles. The molecule has 1 aromatic heterocycles. The smallest absolute Gasteiger partial charge is 0.266 e. The van der Waals surface area contributed by atoms with Gasteiger partial charge in [-0.15, -0.1) is 5.10 Å². The normalized spacial score (nSPS) is 13.2. The fourth-order valence-corrected chi connectivity index (χ4v) is 4.57. The number of nitrogens with one attached hydrogen (secondary N) is 3. The Labute approximate surface area is 290 Å². The molecule has 49 heavy (non-hydrogen) atoms. The Morgan fingerprint density at radius 3 is 2.37 bits per heavy atom. The number of benzene rings is 2. The monoisotopic (exact) mass is 659 g/mol. The molecule has 1 aliphatic carbocycles. The minimum atomic E-state index is -0.309. The predicted octanol–water partition coefficient (Wildman–Crippen LogP) is 7.52. The molecule has 5 rings (SSSR count). The number of hydrogen-bond donors (Lipinski definition) is 5. The number of hydrogen-bond acceptors (Lipinski definition) is 8. The van der Waals surface area contributed by atoms with Crippen LogP contribution in [0.15, 0.2) is 134 Å². The number of nitrogens with two attached hydrogens (primary N) is 2. The first-order chi connectivity index (χ1) is 23.0. The lowest BCUT2D eigenvalue weighted by Crippen LogP contribution is -2.32. The highest BCUT2D eigenvalue weighted by Gasteiger charge is 2.23. The van der Waals surface area contributed by atoms with Gasteiger partial charge in [0.25, 0.3) is 11.9 Å². The first-order valence-electron chi connectivity index (χ1n) is 15.5. The van der Waals surface area contributed by atoms with Crippen molar-refractivity contribution in [1.29, 1.82) is 0 Å². The van der Waals surface area contributed by atoms with Crippen LogP contribution in [0.2, 0.25) is 0 Å². The van der Waals surface area contributed by atoms with E-state index < -0.39 is 0 Å². The van der Waals surface area contributed by atoms with Crippen LogP contribution in [0.5, 0.6) is 0 Å². The van der Waals surface area contributed by atoms with Gasteiger partial charge in [0, 0.05) is 24.4 Å². The summed E-state index contributed by atoms with van der Waals surface area (Å²) in [7, 11) is 0. The second-order valence-corrected chi connectivity index (χ2v) is 10.5. The largest absolute Gasteiger partial charge is 0.405 e. The van der Waals surface area contributed by atoms with Crippen LogP contribution < -0.4 is 27.4 Å². The average Bonchev–Trinajstić information content (AvgIpc) is 3.43. The topological polar surface area (TPSA) is 148 Å². The molecule has 3 aromatic rings. The Morgan fingerprint density at radius 1 is 1.10 bits per heavy atom. The van der Waals surface area contributed by atoms with Gasteiger partial charge in [0.2, 0.25) is 0 Å². The van der Waals surface area contributed by atoms with Crippen molar-refractivity contribution in [3.8, 4) is 0 Å². The first-order valence-corrected chi connectivity index (χ1v) is 15.5. The number of nitrogens with zero attached hydrogens (tertiary/aromatic N) is 4. The van der Waals surface area contributed by atoms with Gasteiger partial charge < -0.3 is 27.4 Å². The average molecular weight is 660 g/mol. The molecule has 0 radical (unpaired) electrons. The van der Waals surface area contributed by atoms with E-state index in [0.717, 1.165) is 39.2 Å². The number of amides is 1. The zero-order chi connectivity index (χ0) is 35.4.